The summed E-state index contributed by atoms with van der Waals surface area (Å²) in [5.74, 6) is -0.0470. The number of carboxylic acid groups (broad SMARTS) is 1. The molecule has 0 unspecified atom stereocenters. The molecule has 0 aliphatic heterocycles. The van der Waals surface area contributed by atoms with Gasteiger partial charge in [-0.3, -0.25) is 0 Å². The molecule has 0 aliphatic rings. The van der Waals surface area contributed by atoms with E-state index in [9.17, 15) is 4.79 Å². The predicted molar refractivity (Wildman–Crippen MR) is 35.4 cm³/mol. The monoisotopic (exact) mass is 165 g/mol. The van der Waals surface area contributed by atoms with Crippen LogP contribution in [0.2, 0.25) is 0 Å². The Balaban J connectivity index is 2.80. The maximum Gasteiger partial charge on any atom is 0.511 e. The zero-order chi connectivity index (χ0) is 8.97. The number of hydrogen-bond donors (Lipinski definition) is 1. The van der Waals surface area contributed by atoms with Gasteiger partial charge in [0.1, 0.15) is 6.07 Å². The van der Waals surface area contributed by atoms with E-state index in [1.165, 1.54) is 0 Å². The van der Waals surface area contributed by atoms with Gasteiger partial charge >= 0.3 is 6.16 Å². The molecule has 0 aliphatic carbocycles. The fourth-order valence-corrected chi connectivity index (χ4v) is 0.527. The van der Waals surface area contributed by atoms with Crippen LogP contribution in [-0.4, -0.2) is 21.2 Å². The van der Waals surface area contributed by atoms with Crippen LogP contribution in [0.5, 0.6) is 5.75 Å². The SMILES string of the molecule is N#Cc1ncc(OC(=O)O)cn1. The van der Waals surface area contributed by atoms with E-state index < -0.39 is 6.16 Å². The third kappa shape index (κ3) is 1.91. The first kappa shape index (κ1) is 7.94. The van der Waals surface area contributed by atoms with Gasteiger partial charge in [0, 0.05) is 0 Å². The lowest BCUT2D eigenvalue weighted by Gasteiger charge is -1.95. The molecule has 1 aromatic rings. The van der Waals surface area contributed by atoms with Crippen LogP contribution in [-0.2, 0) is 0 Å². The van der Waals surface area contributed by atoms with Crippen molar-refractivity contribution >= 4 is 6.16 Å². The van der Waals surface area contributed by atoms with E-state index >= 15 is 0 Å². The summed E-state index contributed by atoms with van der Waals surface area (Å²) in [4.78, 5) is 17.0. The standard InChI is InChI=1S/C6H3N3O3/c7-1-5-8-2-4(3-9-5)12-6(10)11/h2-3H,(H,10,11). The zero-order valence-electron chi connectivity index (χ0n) is 5.76. The van der Waals surface area contributed by atoms with E-state index in [0.717, 1.165) is 12.4 Å². The summed E-state index contributed by atoms with van der Waals surface area (Å²) in [6.45, 7) is 0. The summed E-state index contributed by atoms with van der Waals surface area (Å²) in [5.41, 5.74) is 0. The van der Waals surface area contributed by atoms with E-state index in [4.69, 9.17) is 10.4 Å². The first-order chi connectivity index (χ1) is 5.72. The second kappa shape index (κ2) is 3.30. The van der Waals surface area contributed by atoms with Crippen LogP contribution < -0.4 is 4.74 Å². The molecule has 1 N–H and O–H groups in total. The lowest BCUT2D eigenvalue weighted by Crippen LogP contribution is -2.03. The Morgan fingerprint density at radius 1 is 1.58 bits per heavy atom. The van der Waals surface area contributed by atoms with Crippen LogP contribution in [0, 0.1) is 11.3 Å². The first-order valence-electron chi connectivity index (χ1n) is 2.85. The highest BCUT2D eigenvalue weighted by Crippen LogP contribution is 2.05. The molecular formula is C6H3N3O3. The summed E-state index contributed by atoms with van der Waals surface area (Å²) in [6.07, 6.45) is 0.780. The van der Waals surface area contributed by atoms with Gasteiger partial charge in [-0.2, -0.15) is 5.26 Å². The Kier molecular flexibility index (Phi) is 2.18. The Morgan fingerprint density at radius 3 is 2.58 bits per heavy atom. The molecule has 0 radical (unpaired) electrons. The van der Waals surface area contributed by atoms with Crippen molar-refractivity contribution in [1.29, 1.82) is 5.26 Å². The zero-order valence-corrected chi connectivity index (χ0v) is 5.76. The molecule has 1 aromatic heterocycles. The summed E-state index contributed by atoms with van der Waals surface area (Å²) in [5, 5.41) is 16.4. The minimum Gasteiger partial charge on any atom is -0.449 e. The highest BCUT2D eigenvalue weighted by molar-refractivity contribution is 5.60. The first-order valence-corrected chi connectivity index (χ1v) is 2.85. The average Bonchev–Trinajstić information content (AvgIpc) is 2.05. The van der Waals surface area contributed by atoms with Gasteiger partial charge in [-0.05, 0) is 0 Å². The van der Waals surface area contributed by atoms with E-state index in [1.54, 1.807) is 6.07 Å². The molecule has 1 rings (SSSR count). The van der Waals surface area contributed by atoms with Crippen molar-refractivity contribution in [2.24, 2.45) is 0 Å². The normalized spacial score (nSPS) is 8.58. The van der Waals surface area contributed by atoms with Crippen molar-refractivity contribution in [3.05, 3.63) is 18.2 Å². The third-order valence-corrected chi connectivity index (χ3v) is 0.933. The maximum atomic E-state index is 9.98. The maximum absolute atomic E-state index is 9.98. The van der Waals surface area contributed by atoms with Crippen LogP contribution in [0.4, 0.5) is 4.79 Å². The third-order valence-electron chi connectivity index (χ3n) is 0.933. The number of nitriles is 1. The topological polar surface area (TPSA) is 96.1 Å². The van der Waals surface area contributed by atoms with Crippen molar-refractivity contribution in [1.82, 2.24) is 9.97 Å². The second-order valence-corrected chi connectivity index (χ2v) is 1.72. The lowest BCUT2D eigenvalue weighted by atomic mass is 10.5. The van der Waals surface area contributed by atoms with Gasteiger partial charge in [-0.1, -0.05) is 0 Å². The van der Waals surface area contributed by atoms with Gasteiger partial charge in [-0.25, -0.2) is 14.8 Å². The predicted octanol–water partition coefficient (Wildman–Crippen LogP) is 0.405. The Morgan fingerprint density at radius 2 is 2.17 bits per heavy atom. The molecule has 0 amide bonds. The van der Waals surface area contributed by atoms with Gasteiger partial charge in [0.15, 0.2) is 5.75 Å². The number of rotatable bonds is 1. The smallest absolute Gasteiger partial charge is 0.449 e. The Bertz CT molecular complexity index is 327. The number of carbonyl (C=O) groups is 1. The minimum absolute atomic E-state index is 0.0125. The quantitative estimate of drug-likeness (QED) is 0.605. The summed E-state index contributed by atoms with van der Waals surface area (Å²) in [6, 6.07) is 1.68. The molecular weight excluding hydrogens is 162 g/mol. The minimum atomic E-state index is -1.44. The Hall–Kier alpha value is -2.16. The molecule has 0 spiro atoms. The van der Waals surface area contributed by atoms with Gasteiger partial charge in [0.05, 0.1) is 12.4 Å². The van der Waals surface area contributed by atoms with Crippen molar-refractivity contribution in [2.75, 3.05) is 0 Å². The van der Waals surface area contributed by atoms with Crippen LogP contribution in [0.3, 0.4) is 0 Å². The molecule has 0 fully saturated rings. The number of ether oxygens (including phenoxy) is 1. The fraction of sp³-hybridized carbons (Fsp3) is 0. The number of nitrogens with zero attached hydrogens (tertiary/aromatic N) is 3. The van der Waals surface area contributed by atoms with Gasteiger partial charge < -0.3 is 9.84 Å². The van der Waals surface area contributed by atoms with Crippen molar-refractivity contribution < 1.29 is 14.6 Å². The molecule has 60 valence electrons. The molecule has 12 heavy (non-hydrogen) atoms. The Labute approximate surface area is 67.1 Å². The summed E-state index contributed by atoms with van der Waals surface area (Å²) >= 11 is 0. The number of aromatic nitrogens is 2. The molecule has 0 saturated heterocycles. The van der Waals surface area contributed by atoms with Crippen LogP contribution in [0.1, 0.15) is 5.82 Å². The highest BCUT2D eigenvalue weighted by atomic mass is 16.7. The molecule has 6 nitrogen and oxygen atoms in total. The van der Waals surface area contributed by atoms with Crippen LogP contribution >= 0.6 is 0 Å². The average molecular weight is 165 g/mol. The molecule has 0 aromatic carbocycles. The van der Waals surface area contributed by atoms with Crippen molar-refractivity contribution in [3.8, 4) is 11.8 Å². The van der Waals surface area contributed by atoms with Gasteiger partial charge in [0.2, 0.25) is 5.82 Å². The molecule has 0 saturated carbocycles. The largest absolute Gasteiger partial charge is 0.511 e. The van der Waals surface area contributed by atoms with E-state index in [0.29, 0.717) is 0 Å². The van der Waals surface area contributed by atoms with Crippen molar-refractivity contribution in [2.45, 2.75) is 0 Å². The van der Waals surface area contributed by atoms with Gasteiger partial charge in [-0.15, -0.1) is 0 Å². The summed E-state index contributed by atoms with van der Waals surface area (Å²) in [7, 11) is 0. The van der Waals surface area contributed by atoms with E-state index in [2.05, 4.69) is 14.7 Å². The van der Waals surface area contributed by atoms with E-state index in [1.807, 2.05) is 0 Å². The van der Waals surface area contributed by atoms with Crippen molar-refractivity contribution in [3.63, 3.8) is 0 Å². The molecule has 6 heteroatoms. The van der Waals surface area contributed by atoms with Crippen LogP contribution in [0.15, 0.2) is 12.4 Å². The van der Waals surface area contributed by atoms with Gasteiger partial charge in [0.25, 0.3) is 0 Å². The number of hydrogen-bond acceptors (Lipinski definition) is 5. The lowest BCUT2D eigenvalue weighted by molar-refractivity contribution is 0.144. The fourth-order valence-electron chi connectivity index (χ4n) is 0.527. The molecule has 0 atom stereocenters. The highest BCUT2D eigenvalue weighted by Gasteiger charge is 2.01. The van der Waals surface area contributed by atoms with E-state index in [-0.39, 0.29) is 11.6 Å². The summed E-state index contributed by atoms with van der Waals surface area (Å²) < 4.78 is 4.20. The second-order valence-electron chi connectivity index (χ2n) is 1.72. The molecule has 0 bridgehead atoms. The van der Waals surface area contributed by atoms with Crippen LogP contribution in [0.25, 0.3) is 0 Å². The molecule has 1 heterocycles.